The van der Waals surface area contributed by atoms with Gasteiger partial charge in [-0.05, 0) is 49.1 Å². The molecule has 0 aliphatic heterocycles. The summed E-state index contributed by atoms with van der Waals surface area (Å²) in [6.07, 6.45) is -1.82. The number of ketones is 1. The maximum absolute atomic E-state index is 14.4. The molecule has 3 aromatic rings. The zero-order chi connectivity index (χ0) is 28.2. The minimum absolute atomic E-state index is 0.0264. The third kappa shape index (κ3) is 6.90. The number of hydrogen-bond donors (Lipinski definition) is 1. The second-order valence-corrected chi connectivity index (χ2v) is 9.38. The van der Waals surface area contributed by atoms with E-state index in [1.54, 1.807) is 13.8 Å². The Hall–Kier alpha value is -3.89. The quantitative estimate of drug-likeness (QED) is 0.360. The molecule has 38 heavy (non-hydrogen) atoms. The van der Waals surface area contributed by atoms with Crippen molar-refractivity contribution in [3.05, 3.63) is 88.1 Å². The van der Waals surface area contributed by atoms with Gasteiger partial charge in [0.15, 0.2) is 0 Å². The molecular formula is C27H26F5N3O3. The summed E-state index contributed by atoms with van der Waals surface area (Å²) in [4.78, 5) is 42.0. The van der Waals surface area contributed by atoms with Crippen LogP contribution in [0.5, 0.6) is 0 Å². The molecule has 0 fully saturated rings. The lowest BCUT2D eigenvalue weighted by molar-refractivity contribution is -0.138. The van der Waals surface area contributed by atoms with E-state index in [0.717, 1.165) is 22.8 Å². The number of halogens is 5. The van der Waals surface area contributed by atoms with Crippen molar-refractivity contribution >= 4 is 11.7 Å². The Kier molecular flexibility index (Phi) is 8.80. The van der Waals surface area contributed by atoms with Crippen LogP contribution in [0.1, 0.15) is 56.8 Å². The summed E-state index contributed by atoms with van der Waals surface area (Å²) in [5.74, 6) is -3.00. The maximum atomic E-state index is 14.4. The van der Waals surface area contributed by atoms with Gasteiger partial charge in [0.05, 0.1) is 17.2 Å². The van der Waals surface area contributed by atoms with E-state index in [0.29, 0.717) is 12.3 Å². The first kappa shape index (κ1) is 28.7. The summed E-state index contributed by atoms with van der Waals surface area (Å²) in [6.45, 7) is 4.75. The lowest BCUT2D eigenvalue weighted by Crippen LogP contribution is -2.40. The number of carbonyl (C=O) groups excluding carboxylic acids is 2. The Bertz CT molecular complexity index is 1360. The van der Waals surface area contributed by atoms with Gasteiger partial charge in [0.25, 0.3) is 5.56 Å². The van der Waals surface area contributed by atoms with Crippen molar-refractivity contribution in [1.29, 1.82) is 0 Å². The third-order valence-electron chi connectivity index (χ3n) is 5.82. The van der Waals surface area contributed by atoms with E-state index < -0.39 is 46.9 Å². The van der Waals surface area contributed by atoms with Crippen molar-refractivity contribution < 1.29 is 31.5 Å². The van der Waals surface area contributed by atoms with Crippen LogP contribution in [-0.2, 0) is 15.8 Å². The fourth-order valence-electron chi connectivity index (χ4n) is 4.07. The fraction of sp³-hybridized carbons (Fsp3) is 0.333. The van der Waals surface area contributed by atoms with Crippen LogP contribution in [0.15, 0.2) is 59.8 Å². The first-order valence-electron chi connectivity index (χ1n) is 11.8. The zero-order valence-electron chi connectivity index (χ0n) is 20.9. The number of Topliss-reactive ketones (excluding diaryl/α,β-unsaturated/α-hetero) is 1. The standard InChI is InChI=1S/C27H26F5N3O3/c1-15(2)9-23(35-14-19(27(30,31)32)7-8-24(35)37)26(38)34-22(10-16(3)36)17-11-18(13-33-12-17)25-20(28)5-4-6-21(25)29/h4-8,11-15,22-23H,9-10H2,1-3H3,(H,34,38)/t22-,23?/m0/s1. The molecule has 202 valence electrons. The van der Waals surface area contributed by atoms with Gasteiger partial charge in [-0.25, -0.2) is 8.78 Å². The second kappa shape index (κ2) is 11.7. The van der Waals surface area contributed by atoms with E-state index in [1.165, 1.54) is 31.5 Å². The van der Waals surface area contributed by atoms with Gasteiger partial charge in [0.1, 0.15) is 23.5 Å². The molecule has 11 heteroatoms. The van der Waals surface area contributed by atoms with E-state index in [1.807, 2.05) is 0 Å². The highest BCUT2D eigenvalue weighted by Gasteiger charge is 2.33. The molecule has 3 rings (SSSR count). The maximum Gasteiger partial charge on any atom is 0.417 e. The largest absolute Gasteiger partial charge is 0.417 e. The van der Waals surface area contributed by atoms with Gasteiger partial charge >= 0.3 is 6.18 Å². The Labute approximate surface area is 215 Å². The molecule has 6 nitrogen and oxygen atoms in total. The third-order valence-corrected chi connectivity index (χ3v) is 5.82. The van der Waals surface area contributed by atoms with E-state index in [-0.39, 0.29) is 41.2 Å². The van der Waals surface area contributed by atoms with Crippen LogP contribution in [0.25, 0.3) is 11.1 Å². The number of rotatable bonds is 9. The number of hydrogen-bond acceptors (Lipinski definition) is 4. The number of alkyl halides is 3. The van der Waals surface area contributed by atoms with Crippen LogP contribution in [-0.4, -0.2) is 21.2 Å². The van der Waals surface area contributed by atoms with E-state index in [9.17, 15) is 36.3 Å². The molecule has 0 aliphatic rings. The van der Waals surface area contributed by atoms with Crippen molar-refractivity contribution in [3.8, 4) is 11.1 Å². The molecule has 0 bridgehead atoms. The number of pyridine rings is 2. The lowest BCUT2D eigenvalue weighted by Gasteiger charge is -2.25. The van der Waals surface area contributed by atoms with Crippen LogP contribution in [0.3, 0.4) is 0 Å². The average molecular weight is 536 g/mol. The van der Waals surface area contributed by atoms with E-state index >= 15 is 0 Å². The van der Waals surface area contributed by atoms with Gasteiger partial charge in [0, 0.05) is 36.6 Å². The van der Waals surface area contributed by atoms with Gasteiger partial charge in [-0.15, -0.1) is 0 Å². The van der Waals surface area contributed by atoms with Crippen LogP contribution >= 0.6 is 0 Å². The number of amides is 1. The van der Waals surface area contributed by atoms with Crippen LogP contribution in [0, 0.1) is 17.6 Å². The Morgan fingerprint density at radius 3 is 2.29 bits per heavy atom. The van der Waals surface area contributed by atoms with E-state index in [2.05, 4.69) is 10.3 Å². The highest BCUT2D eigenvalue weighted by atomic mass is 19.4. The Morgan fingerprint density at radius 2 is 1.71 bits per heavy atom. The van der Waals surface area contributed by atoms with Gasteiger partial charge in [-0.1, -0.05) is 19.9 Å². The molecule has 0 spiro atoms. The number of carbonyl (C=O) groups is 2. The predicted octanol–water partition coefficient (Wildman–Crippen LogP) is 5.63. The minimum atomic E-state index is -4.74. The van der Waals surface area contributed by atoms with Crippen LogP contribution in [0.2, 0.25) is 0 Å². The van der Waals surface area contributed by atoms with Crippen molar-refractivity contribution in [2.75, 3.05) is 0 Å². The first-order valence-corrected chi connectivity index (χ1v) is 11.8. The molecule has 1 N–H and O–H groups in total. The van der Waals surface area contributed by atoms with Crippen molar-refractivity contribution in [2.45, 2.75) is 51.9 Å². The van der Waals surface area contributed by atoms with Crippen molar-refractivity contribution in [2.24, 2.45) is 5.92 Å². The number of nitrogens with zero attached hydrogens (tertiary/aromatic N) is 2. The summed E-state index contributed by atoms with van der Waals surface area (Å²) >= 11 is 0. The smallest absolute Gasteiger partial charge is 0.347 e. The predicted molar refractivity (Wildman–Crippen MR) is 130 cm³/mol. The summed E-state index contributed by atoms with van der Waals surface area (Å²) in [6, 6.07) is 3.75. The van der Waals surface area contributed by atoms with Crippen LogP contribution < -0.4 is 10.9 Å². The number of benzene rings is 1. The van der Waals surface area contributed by atoms with Crippen LogP contribution in [0.4, 0.5) is 22.0 Å². The van der Waals surface area contributed by atoms with Gasteiger partial charge in [0.2, 0.25) is 5.91 Å². The summed E-state index contributed by atoms with van der Waals surface area (Å²) in [5.41, 5.74) is -1.94. The average Bonchev–Trinajstić information content (AvgIpc) is 2.81. The monoisotopic (exact) mass is 535 g/mol. The highest BCUT2D eigenvalue weighted by molar-refractivity contribution is 5.82. The molecule has 0 aliphatic carbocycles. The number of aromatic nitrogens is 2. The zero-order valence-corrected chi connectivity index (χ0v) is 20.9. The Balaban J connectivity index is 2.02. The van der Waals surface area contributed by atoms with Gasteiger partial charge in [-0.2, -0.15) is 13.2 Å². The van der Waals surface area contributed by atoms with E-state index in [4.69, 9.17) is 0 Å². The summed E-state index contributed by atoms with van der Waals surface area (Å²) in [5, 5.41) is 2.63. The van der Waals surface area contributed by atoms with Gasteiger partial charge in [-0.3, -0.25) is 19.4 Å². The molecule has 2 heterocycles. The molecule has 1 amide bonds. The molecule has 0 radical (unpaired) electrons. The molecule has 2 aromatic heterocycles. The topological polar surface area (TPSA) is 81.1 Å². The fourth-order valence-corrected chi connectivity index (χ4v) is 4.07. The molecular weight excluding hydrogens is 509 g/mol. The lowest BCUT2D eigenvalue weighted by atomic mass is 9.97. The summed E-state index contributed by atoms with van der Waals surface area (Å²) in [7, 11) is 0. The summed E-state index contributed by atoms with van der Waals surface area (Å²) < 4.78 is 69.4. The van der Waals surface area contributed by atoms with Crippen molar-refractivity contribution in [3.63, 3.8) is 0 Å². The minimum Gasteiger partial charge on any atom is -0.347 e. The first-order chi connectivity index (χ1) is 17.8. The Morgan fingerprint density at radius 1 is 1.05 bits per heavy atom. The molecule has 1 aromatic carbocycles. The molecule has 2 atom stereocenters. The van der Waals surface area contributed by atoms with Gasteiger partial charge < -0.3 is 9.88 Å². The van der Waals surface area contributed by atoms with Crippen molar-refractivity contribution in [1.82, 2.24) is 14.9 Å². The highest BCUT2D eigenvalue weighted by Crippen LogP contribution is 2.31. The second-order valence-electron chi connectivity index (χ2n) is 9.38. The molecule has 0 saturated heterocycles. The normalized spacial score (nSPS) is 13.3. The molecule has 0 saturated carbocycles. The number of nitrogens with one attached hydrogen (secondary N) is 1. The molecule has 1 unspecified atom stereocenters. The SMILES string of the molecule is CC(=O)C[C@H](NC(=O)C(CC(C)C)n1cc(C(F)(F)F)ccc1=O)c1cncc(-c2c(F)cccc2F)c1.